The fourth-order valence-electron chi connectivity index (χ4n) is 8.96. The molecule has 53 heavy (non-hydrogen) atoms. The molecule has 4 aliphatic rings. The lowest BCUT2D eigenvalue weighted by atomic mass is 9.72. The van der Waals surface area contributed by atoms with Crippen molar-refractivity contribution in [3.05, 3.63) is 95.3 Å². The number of oxazole rings is 2. The van der Waals surface area contributed by atoms with Crippen molar-refractivity contribution in [3.8, 4) is 39.8 Å². The molecule has 4 aliphatic heterocycles. The normalized spacial score (nSPS) is 22.5. The third kappa shape index (κ3) is 4.37. The van der Waals surface area contributed by atoms with Gasteiger partial charge in [0.2, 0.25) is 17.7 Å². The summed E-state index contributed by atoms with van der Waals surface area (Å²) in [6.45, 7) is 7.57. The minimum Gasteiger partial charge on any atom is -0.469 e. The Morgan fingerprint density at radius 1 is 1.02 bits per heavy atom. The first-order chi connectivity index (χ1) is 25.5. The van der Waals surface area contributed by atoms with Crippen LogP contribution in [0.4, 0.5) is 5.69 Å². The standard InChI is InChI=1S/C42H39N5O6/c1-19(2)33-40-45-35-37(53-40)42-26-10-6-9-24(23-8-7-11-28-32(23)25(18-47(28)5)31-17-43-39(35)51-31)34(26)46-41(42)52-30-13-12-21(15-27(30)42)14-22(38(50)44-33)16-29(48)36(49)20(3)4/h6-13,15,17-20,22,33,36,41,46,49H,14,16H2,1-5H3,(H,44,50)/t22-,33+,36+,41?,42+/m1/s1. The van der Waals surface area contributed by atoms with E-state index in [0.29, 0.717) is 28.9 Å². The van der Waals surface area contributed by atoms with Crippen molar-refractivity contribution in [1.82, 2.24) is 19.9 Å². The predicted octanol–water partition coefficient (Wildman–Crippen LogP) is 6.91. The van der Waals surface area contributed by atoms with Gasteiger partial charge in [-0.25, -0.2) is 9.97 Å². The number of aryl methyl sites for hydroxylation is 1. The Hall–Kier alpha value is -5.68. The van der Waals surface area contributed by atoms with E-state index in [-0.39, 0.29) is 42.3 Å². The summed E-state index contributed by atoms with van der Waals surface area (Å²) < 4.78 is 22.6. The van der Waals surface area contributed by atoms with Crippen molar-refractivity contribution in [2.75, 3.05) is 5.32 Å². The van der Waals surface area contributed by atoms with E-state index in [1.165, 1.54) is 0 Å². The molecule has 0 radical (unpaired) electrons. The quantitative estimate of drug-likeness (QED) is 0.174. The second-order valence-corrected chi connectivity index (χ2v) is 15.6. The number of amides is 1. The van der Waals surface area contributed by atoms with Gasteiger partial charge < -0.3 is 33.9 Å². The molecule has 0 saturated carbocycles. The summed E-state index contributed by atoms with van der Waals surface area (Å²) in [5, 5.41) is 18.7. The molecule has 0 fully saturated rings. The molecule has 268 valence electrons. The molecule has 3 N–H and O–H groups in total. The molecule has 5 atom stereocenters. The van der Waals surface area contributed by atoms with Crippen LogP contribution in [0.15, 0.2) is 75.8 Å². The zero-order valence-corrected chi connectivity index (χ0v) is 30.1. The van der Waals surface area contributed by atoms with Crippen LogP contribution in [0, 0.1) is 17.8 Å². The van der Waals surface area contributed by atoms with Gasteiger partial charge in [-0.15, -0.1) is 0 Å². The van der Waals surface area contributed by atoms with Gasteiger partial charge in [0.05, 0.1) is 6.20 Å². The number of aromatic nitrogens is 3. The van der Waals surface area contributed by atoms with E-state index >= 15 is 0 Å². The minimum atomic E-state index is -1.17. The lowest BCUT2D eigenvalue weighted by molar-refractivity contribution is -0.135. The maximum absolute atomic E-state index is 14.2. The number of rotatable bonds is 5. The Labute approximate surface area is 305 Å². The van der Waals surface area contributed by atoms with Crippen molar-refractivity contribution in [1.29, 1.82) is 0 Å². The molecule has 1 spiro atoms. The number of Topliss-reactive ketones (excluding diaryl/α,β-unsaturated/α-hetero) is 1. The lowest BCUT2D eigenvalue weighted by Gasteiger charge is -2.28. The van der Waals surface area contributed by atoms with Gasteiger partial charge in [0, 0.05) is 64.4 Å². The molecule has 6 aromatic rings. The number of hydrogen-bond acceptors (Lipinski definition) is 9. The molecule has 11 nitrogen and oxygen atoms in total. The molecule has 10 bridgehead atoms. The average Bonchev–Trinajstić information content (AvgIpc) is 3.96. The fraction of sp³-hybridized carbons (Fsp3) is 0.333. The highest BCUT2D eigenvalue weighted by atomic mass is 16.5. The summed E-state index contributed by atoms with van der Waals surface area (Å²) in [5.74, 6) is 0.517. The number of ether oxygens (including phenoxy) is 1. The van der Waals surface area contributed by atoms with E-state index in [2.05, 4.69) is 63.9 Å². The maximum Gasteiger partial charge on any atom is 0.249 e. The highest BCUT2D eigenvalue weighted by Gasteiger charge is 2.61. The van der Waals surface area contributed by atoms with Crippen LogP contribution in [0.1, 0.15) is 68.5 Å². The van der Waals surface area contributed by atoms with Gasteiger partial charge >= 0.3 is 0 Å². The molecular weight excluding hydrogens is 670 g/mol. The van der Waals surface area contributed by atoms with Crippen LogP contribution in [-0.2, 0) is 28.5 Å². The topological polar surface area (TPSA) is 145 Å². The highest BCUT2D eigenvalue weighted by Crippen LogP contribution is 2.61. The molecule has 0 aliphatic carbocycles. The lowest BCUT2D eigenvalue weighted by Crippen LogP contribution is -2.41. The number of ketones is 1. The first-order valence-corrected chi connectivity index (χ1v) is 18.3. The van der Waals surface area contributed by atoms with Crippen LogP contribution in [-0.4, -0.2) is 43.7 Å². The average molecular weight is 710 g/mol. The number of anilines is 1. The second kappa shape index (κ2) is 11.2. The molecule has 7 heterocycles. The monoisotopic (exact) mass is 709 g/mol. The highest BCUT2D eigenvalue weighted by molar-refractivity contribution is 6.08. The Bertz CT molecular complexity index is 2520. The number of hydrogen-bond donors (Lipinski definition) is 3. The van der Waals surface area contributed by atoms with E-state index < -0.39 is 29.7 Å². The summed E-state index contributed by atoms with van der Waals surface area (Å²) in [6.07, 6.45) is 2.18. The van der Waals surface area contributed by atoms with Crippen molar-refractivity contribution in [2.45, 2.75) is 64.3 Å². The van der Waals surface area contributed by atoms with Crippen molar-refractivity contribution in [3.63, 3.8) is 0 Å². The minimum absolute atomic E-state index is 0.112. The van der Waals surface area contributed by atoms with E-state index in [1.807, 2.05) is 33.0 Å². The number of carbonyl (C=O) groups is 2. The summed E-state index contributed by atoms with van der Waals surface area (Å²) in [4.78, 5) is 37.5. The van der Waals surface area contributed by atoms with Gasteiger partial charge in [-0.3, -0.25) is 9.59 Å². The molecule has 1 amide bonds. The first kappa shape index (κ1) is 32.0. The summed E-state index contributed by atoms with van der Waals surface area (Å²) in [7, 11) is 2.03. The molecule has 3 aromatic heterocycles. The van der Waals surface area contributed by atoms with Gasteiger partial charge in [-0.05, 0) is 41.5 Å². The Morgan fingerprint density at radius 3 is 2.64 bits per heavy atom. The zero-order valence-electron chi connectivity index (χ0n) is 30.1. The Balaban J connectivity index is 1.28. The van der Waals surface area contributed by atoms with Crippen LogP contribution < -0.4 is 15.4 Å². The zero-order chi connectivity index (χ0) is 36.5. The van der Waals surface area contributed by atoms with Crippen LogP contribution in [0.2, 0.25) is 0 Å². The molecule has 11 heteroatoms. The molecule has 1 unspecified atom stereocenters. The third-order valence-corrected chi connectivity index (χ3v) is 11.6. The van der Waals surface area contributed by atoms with Crippen LogP contribution in [0.3, 0.4) is 0 Å². The number of aliphatic hydroxyl groups is 1. The van der Waals surface area contributed by atoms with Crippen LogP contribution in [0.25, 0.3) is 44.9 Å². The van der Waals surface area contributed by atoms with Gasteiger partial charge in [0.15, 0.2) is 29.2 Å². The van der Waals surface area contributed by atoms with Crippen molar-refractivity contribution < 1.29 is 28.3 Å². The van der Waals surface area contributed by atoms with Crippen molar-refractivity contribution in [2.24, 2.45) is 24.8 Å². The number of fused-ring (bicyclic) bond motifs is 7. The van der Waals surface area contributed by atoms with Gasteiger partial charge in [-0.2, -0.15) is 0 Å². The Kier molecular flexibility index (Phi) is 6.74. The molecule has 10 rings (SSSR count). The fourth-order valence-corrected chi connectivity index (χ4v) is 8.96. The van der Waals surface area contributed by atoms with Crippen LogP contribution >= 0.6 is 0 Å². The first-order valence-electron chi connectivity index (χ1n) is 18.3. The number of para-hydroxylation sites is 1. The number of nitrogens with one attached hydrogen (secondary N) is 2. The number of carbonyl (C=O) groups excluding carboxylic acids is 2. The second-order valence-electron chi connectivity index (χ2n) is 15.6. The van der Waals surface area contributed by atoms with E-state index in [9.17, 15) is 14.7 Å². The summed E-state index contributed by atoms with van der Waals surface area (Å²) >= 11 is 0. The van der Waals surface area contributed by atoms with Crippen LogP contribution in [0.5, 0.6) is 5.75 Å². The number of nitrogens with zero attached hydrogens (tertiary/aromatic N) is 3. The molecule has 0 saturated heterocycles. The van der Waals surface area contributed by atoms with Gasteiger partial charge in [0.25, 0.3) is 0 Å². The predicted molar refractivity (Wildman–Crippen MR) is 197 cm³/mol. The van der Waals surface area contributed by atoms with E-state index in [1.54, 1.807) is 20.0 Å². The number of aliphatic hydroxyl groups excluding tert-OH is 1. The van der Waals surface area contributed by atoms with Gasteiger partial charge in [-0.1, -0.05) is 70.2 Å². The van der Waals surface area contributed by atoms with E-state index in [0.717, 1.165) is 50.0 Å². The maximum atomic E-state index is 14.2. The Morgan fingerprint density at radius 2 is 1.83 bits per heavy atom. The van der Waals surface area contributed by atoms with E-state index in [4.69, 9.17) is 23.5 Å². The summed E-state index contributed by atoms with van der Waals surface area (Å²) in [6, 6.07) is 17.9. The third-order valence-electron chi connectivity index (χ3n) is 11.6. The van der Waals surface area contributed by atoms with Crippen molar-refractivity contribution >= 4 is 28.3 Å². The number of benzene rings is 3. The molecular formula is C42H39N5O6. The summed E-state index contributed by atoms with van der Waals surface area (Å²) in [5.41, 5.74) is 6.97. The largest absolute Gasteiger partial charge is 0.469 e. The smallest absolute Gasteiger partial charge is 0.249 e. The SMILES string of the molecule is CC(C)[C@H](O)C(=O)C[C@H]1Cc2ccc3c(c2)[C@]24c5cccc(c5NC2O3)-c2cccc3c2c(cn3C)-c2cnc(o2)-c2nc(oc24)[C@H](C(C)C)NC1=O. The molecule has 3 aromatic carbocycles. The van der Waals surface area contributed by atoms with Gasteiger partial charge in [0.1, 0.15) is 23.3 Å².